The highest BCUT2D eigenvalue weighted by molar-refractivity contribution is 5.92. The minimum atomic E-state index is -0.698. The van der Waals surface area contributed by atoms with Crippen molar-refractivity contribution in [1.82, 2.24) is 0 Å². The molecule has 0 saturated carbocycles. The van der Waals surface area contributed by atoms with Gasteiger partial charge in [0.1, 0.15) is 16.9 Å². The Morgan fingerprint density at radius 1 is 1.36 bits per heavy atom. The number of para-hydroxylation sites is 1. The van der Waals surface area contributed by atoms with Crippen molar-refractivity contribution in [3.63, 3.8) is 0 Å². The van der Waals surface area contributed by atoms with E-state index in [1.165, 1.54) is 0 Å². The standard InChI is InChI=1S/C10H7NO3/c11-5-7-9(12)6-3-1-2-4-8(6)14-10(7)13/h1-5,11-12H. The molecule has 2 N–H and O–H groups in total. The van der Waals surface area contributed by atoms with Crippen molar-refractivity contribution >= 4 is 17.2 Å². The first-order chi connectivity index (χ1) is 6.74. The van der Waals surface area contributed by atoms with Crippen LogP contribution in [0.5, 0.6) is 5.75 Å². The van der Waals surface area contributed by atoms with Gasteiger partial charge in [-0.1, -0.05) is 12.1 Å². The van der Waals surface area contributed by atoms with Gasteiger partial charge in [-0.15, -0.1) is 0 Å². The second-order valence-corrected chi connectivity index (χ2v) is 2.79. The second-order valence-electron chi connectivity index (χ2n) is 2.79. The van der Waals surface area contributed by atoms with E-state index in [0.29, 0.717) is 11.0 Å². The monoisotopic (exact) mass is 189 g/mol. The molecule has 70 valence electrons. The smallest absolute Gasteiger partial charge is 0.348 e. The van der Waals surface area contributed by atoms with Gasteiger partial charge in [0.2, 0.25) is 0 Å². The quantitative estimate of drug-likeness (QED) is 0.527. The molecule has 1 aromatic carbocycles. The molecule has 4 nitrogen and oxygen atoms in total. The molecule has 2 rings (SSSR count). The minimum absolute atomic E-state index is 0.122. The van der Waals surface area contributed by atoms with Crippen LogP contribution < -0.4 is 5.63 Å². The molecule has 14 heavy (non-hydrogen) atoms. The first-order valence-electron chi connectivity index (χ1n) is 3.99. The van der Waals surface area contributed by atoms with Crippen molar-refractivity contribution in [2.24, 2.45) is 0 Å². The van der Waals surface area contributed by atoms with E-state index in [9.17, 15) is 9.90 Å². The minimum Gasteiger partial charge on any atom is -0.506 e. The van der Waals surface area contributed by atoms with E-state index in [0.717, 1.165) is 6.21 Å². The molecule has 0 aliphatic carbocycles. The molecule has 1 heterocycles. The zero-order valence-electron chi connectivity index (χ0n) is 7.15. The van der Waals surface area contributed by atoms with E-state index in [1.807, 2.05) is 0 Å². The van der Waals surface area contributed by atoms with Gasteiger partial charge < -0.3 is 14.9 Å². The highest BCUT2D eigenvalue weighted by Gasteiger charge is 2.10. The van der Waals surface area contributed by atoms with Crippen LogP contribution in [0.15, 0.2) is 33.5 Å². The molecule has 0 aliphatic heterocycles. The van der Waals surface area contributed by atoms with E-state index in [4.69, 9.17) is 9.83 Å². The zero-order valence-corrected chi connectivity index (χ0v) is 7.15. The number of hydrogen-bond donors (Lipinski definition) is 2. The molecular weight excluding hydrogens is 182 g/mol. The van der Waals surface area contributed by atoms with Crippen LogP contribution in [0.25, 0.3) is 11.0 Å². The SMILES string of the molecule is N=Cc1c(O)c2ccccc2oc1=O. The maximum Gasteiger partial charge on any atom is 0.348 e. The number of aromatic hydroxyl groups is 1. The first kappa shape index (κ1) is 8.50. The summed E-state index contributed by atoms with van der Waals surface area (Å²) in [6.07, 6.45) is 0.785. The third-order valence-corrected chi connectivity index (χ3v) is 1.96. The first-order valence-corrected chi connectivity index (χ1v) is 3.99. The Morgan fingerprint density at radius 3 is 2.79 bits per heavy atom. The van der Waals surface area contributed by atoms with Gasteiger partial charge in [0, 0.05) is 6.21 Å². The van der Waals surface area contributed by atoms with Crippen molar-refractivity contribution in [1.29, 1.82) is 5.41 Å². The Balaban J connectivity index is 3.00. The van der Waals surface area contributed by atoms with Crippen molar-refractivity contribution in [2.75, 3.05) is 0 Å². The van der Waals surface area contributed by atoms with Gasteiger partial charge in [-0.3, -0.25) is 0 Å². The highest BCUT2D eigenvalue weighted by Crippen LogP contribution is 2.24. The average Bonchev–Trinajstić information content (AvgIpc) is 2.18. The molecule has 1 aromatic heterocycles. The molecule has 0 unspecified atom stereocenters. The largest absolute Gasteiger partial charge is 0.506 e. The fraction of sp³-hybridized carbons (Fsp3) is 0. The van der Waals surface area contributed by atoms with Crippen LogP contribution in [0.1, 0.15) is 5.56 Å². The van der Waals surface area contributed by atoms with Gasteiger partial charge in [-0.25, -0.2) is 4.79 Å². The summed E-state index contributed by atoms with van der Waals surface area (Å²) in [5.74, 6) is -0.202. The topological polar surface area (TPSA) is 74.3 Å². The van der Waals surface area contributed by atoms with E-state index in [1.54, 1.807) is 24.3 Å². The fourth-order valence-electron chi connectivity index (χ4n) is 1.28. The van der Waals surface area contributed by atoms with Crippen LogP contribution in [0.3, 0.4) is 0 Å². The molecule has 0 saturated heterocycles. The van der Waals surface area contributed by atoms with Crippen LogP contribution in [0.2, 0.25) is 0 Å². The summed E-state index contributed by atoms with van der Waals surface area (Å²) >= 11 is 0. The molecule has 2 aromatic rings. The number of fused-ring (bicyclic) bond motifs is 1. The van der Waals surface area contributed by atoms with Crippen molar-refractivity contribution in [3.05, 3.63) is 40.2 Å². The van der Waals surface area contributed by atoms with Crippen LogP contribution in [0, 0.1) is 5.41 Å². The molecule has 0 amide bonds. The fourth-order valence-corrected chi connectivity index (χ4v) is 1.28. The maximum atomic E-state index is 11.2. The molecule has 0 bridgehead atoms. The lowest BCUT2D eigenvalue weighted by atomic mass is 10.1. The van der Waals surface area contributed by atoms with E-state index in [-0.39, 0.29) is 11.3 Å². The summed E-state index contributed by atoms with van der Waals surface area (Å²) in [5, 5.41) is 17.0. The Morgan fingerprint density at radius 2 is 2.07 bits per heavy atom. The summed E-state index contributed by atoms with van der Waals surface area (Å²) in [5.41, 5.74) is -0.500. The van der Waals surface area contributed by atoms with E-state index >= 15 is 0 Å². The van der Waals surface area contributed by atoms with Gasteiger partial charge in [0.05, 0.1) is 5.39 Å². The molecular formula is C10H7NO3. The maximum absolute atomic E-state index is 11.2. The lowest BCUT2D eigenvalue weighted by molar-refractivity contribution is 0.466. The molecule has 0 spiro atoms. The van der Waals surface area contributed by atoms with E-state index < -0.39 is 5.63 Å². The number of nitrogens with one attached hydrogen (secondary N) is 1. The Labute approximate surface area is 78.9 Å². The predicted octanol–water partition coefficient (Wildman–Crippen LogP) is 1.50. The Hall–Kier alpha value is -2.10. The van der Waals surface area contributed by atoms with Gasteiger partial charge in [-0.2, -0.15) is 0 Å². The highest BCUT2D eigenvalue weighted by atomic mass is 16.4. The van der Waals surface area contributed by atoms with E-state index in [2.05, 4.69) is 0 Å². The summed E-state index contributed by atoms with van der Waals surface area (Å²) in [4.78, 5) is 11.2. The van der Waals surface area contributed by atoms with Gasteiger partial charge in [0.15, 0.2) is 0 Å². The molecule has 0 atom stereocenters. The molecule has 0 aliphatic rings. The van der Waals surface area contributed by atoms with Gasteiger partial charge in [-0.05, 0) is 12.1 Å². The number of hydrogen-bond acceptors (Lipinski definition) is 4. The normalized spacial score (nSPS) is 10.3. The molecule has 4 heteroatoms. The second kappa shape index (κ2) is 2.99. The molecule has 0 fully saturated rings. The third kappa shape index (κ3) is 1.08. The summed E-state index contributed by atoms with van der Waals surface area (Å²) in [7, 11) is 0. The van der Waals surface area contributed by atoms with Crippen LogP contribution in [-0.4, -0.2) is 11.3 Å². The van der Waals surface area contributed by atoms with Crippen molar-refractivity contribution in [2.45, 2.75) is 0 Å². The number of benzene rings is 1. The lowest BCUT2D eigenvalue weighted by Crippen LogP contribution is -2.06. The van der Waals surface area contributed by atoms with Crippen molar-refractivity contribution < 1.29 is 9.52 Å². The van der Waals surface area contributed by atoms with Gasteiger partial charge in [0.25, 0.3) is 0 Å². The Bertz CT molecular complexity index is 557. The van der Waals surface area contributed by atoms with Crippen LogP contribution in [-0.2, 0) is 0 Å². The number of rotatable bonds is 1. The van der Waals surface area contributed by atoms with Gasteiger partial charge >= 0.3 is 5.63 Å². The third-order valence-electron chi connectivity index (χ3n) is 1.96. The van der Waals surface area contributed by atoms with Crippen molar-refractivity contribution in [3.8, 4) is 5.75 Å². The average molecular weight is 189 g/mol. The predicted molar refractivity (Wildman–Crippen MR) is 52.0 cm³/mol. The van der Waals surface area contributed by atoms with Crippen LogP contribution in [0.4, 0.5) is 0 Å². The molecule has 0 radical (unpaired) electrons. The zero-order chi connectivity index (χ0) is 10.1. The summed E-state index contributed by atoms with van der Waals surface area (Å²) < 4.78 is 4.90. The van der Waals surface area contributed by atoms with Crippen LogP contribution >= 0.6 is 0 Å². The summed E-state index contributed by atoms with van der Waals surface area (Å²) in [6.45, 7) is 0. The lowest BCUT2D eigenvalue weighted by Gasteiger charge is -2.00. The summed E-state index contributed by atoms with van der Waals surface area (Å²) in [6, 6.07) is 6.63. The Kier molecular flexibility index (Phi) is 1.81.